The van der Waals surface area contributed by atoms with Crippen molar-refractivity contribution in [2.24, 2.45) is 0 Å². The van der Waals surface area contributed by atoms with Gasteiger partial charge >= 0.3 is 0 Å². The molecule has 5 rings (SSSR count). The molecule has 2 aliphatic rings. The van der Waals surface area contributed by atoms with E-state index in [1.807, 2.05) is 50.2 Å². The highest BCUT2D eigenvalue weighted by Crippen LogP contribution is 2.40. The monoisotopic (exact) mass is 448 g/mol. The van der Waals surface area contributed by atoms with Crippen LogP contribution < -0.4 is 14.2 Å². The number of benzene rings is 3. The van der Waals surface area contributed by atoms with Crippen molar-refractivity contribution in [3.05, 3.63) is 92.7 Å². The number of carbonyl (C=O) groups excluding carboxylic acids is 1. The normalized spacial score (nSPS) is 15.7. The summed E-state index contributed by atoms with van der Waals surface area (Å²) in [5.41, 5.74) is 5.11. The molecule has 3 aromatic carbocycles. The fourth-order valence-corrected chi connectivity index (χ4v) is 4.12. The van der Waals surface area contributed by atoms with E-state index in [0.29, 0.717) is 34.5 Å². The van der Waals surface area contributed by atoms with Crippen LogP contribution in [0.5, 0.6) is 17.2 Å². The van der Waals surface area contributed by atoms with Crippen LogP contribution in [0.2, 0.25) is 5.02 Å². The third-order valence-electron chi connectivity index (χ3n) is 5.55. The van der Waals surface area contributed by atoms with Crippen LogP contribution in [0.15, 0.2) is 54.3 Å². The van der Waals surface area contributed by atoms with Crippen molar-refractivity contribution in [2.45, 2.75) is 27.1 Å². The molecule has 3 aromatic rings. The van der Waals surface area contributed by atoms with E-state index in [1.54, 1.807) is 18.2 Å². The van der Waals surface area contributed by atoms with Crippen LogP contribution in [0.3, 0.4) is 0 Å². The summed E-state index contributed by atoms with van der Waals surface area (Å²) >= 11 is 6.25. The summed E-state index contributed by atoms with van der Waals surface area (Å²) in [7, 11) is 0. The predicted molar refractivity (Wildman–Crippen MR) is 121 cm³/mol. The van der Waals surface area contributed by atoms with Crippen LogP contribution in [0.4, 0.5) is 0 Å². The standard InChI is InChI=1S/C26H21ClO5/c1-15-3-5-17(6-4-15)9-23-24(28)21-7-8-22(16(2)25(21)32-23)30-13-19-11-20(27)10-18-12-29-14-31-26(18)19/h3-11H,12-14H2,1-2H3/b23-9-. The number of allylic oxidation sites excluding steroid dienone is 1. The number of aryl methyl sites for hydroxylation is 1. The van der Waals surface area contributed by atoms with Crippen LogP contribution in [0.1, 0.15) is 38.2 Å². The molecule has 2 aliphatic heterocycles. The molecular formula is C26H21ClO5. The second-order valence-corrected chi connectivity index (χ2v) is 8.30. The molecule has 0 atom stereocenters. The Morgan fingerprint density at radius 2 is 1.88 bits per heavy atom. The molecule has 0 N–H and O–H groups in total. The quantitative estimate of drug-likeness (QED) is 0.457. The van der Waals surface area contributed by atoms with Gasteiger partial charge in [0.05, 0.1) is 12.2 Å². The molecule has 0 aromatic heterocycles. The molecule has 32 heavy (non-hydrogen) atoms. The fraction of sp³-hybridized carbons (Fsp3) is 0.192. The average molecular weight is 449 g/mol. The number of Topliss-reactive ketones (excluding diaryl/α,β-unsaturated/α-hetero) is 1. The first-order chi connectivity index (χ1) is 15.5. The summed E-state index contributed by atoms with van der Waals surface area (Å²) in [6, 6.07) is 15.1. The maximum absolute atomic E-state index is 12.8. The third kappa shape index (κ3) is 3.85. The van der Waals surface area contributed by atoms with Gasteiger partial charge in [0.15, 0.2) is 12.6 Å². The number of ketones is 1. The minimum Gasteiger partial charge on any atom is -0.488 e. The predicted octanol–water partition coefficient (Wildman–Crippen LogP) is 6.02. The average Bonchev–Trinajstić information content (AvgIpc) is 3.10. The Morgan fingerprint density at radius 3 is 2.69 bits per heavy atom. The van der Waals surface area contributed by atoms with Gasteiger partial charge < -0.3 is 18.9 Å². The van der Waals surface area contributed by atoms with Gasteiger partial charge in [0.25, 0.3) is 0 Å². The number of halogens is 1. The Balaban J connectivity index is 1.39. The summed E-state index contributed by atoms with van der Waals surface area (Å²) < 4.78 is 23.0. The van der Waals surface area contributed by atoms with E-state index >= 15 is 0 Å². The van der Waals surface area contributed by atoms with Crippen LogP contribution in [-0.4, -0.2) is 12.6 Å². The fourth-order valence-electron chi connectivity index (χ4n) is 3.86. The zero-order valence-electron chi connectivity index (χ0n) is 17.7. The molecule has 0 radical (unpaired) electrons. The first-order valence-electron chi connectivity index (χ1n) is 10.3. The highest BCUT2D eigenvalue weighted by Gasteiger charge is 2.30. The third-order valence-corrected chi connectivity index (χ3v) is 5.76. The molecule has 6 heteroatoms. The Morgan fingerprint density at radius 1 is 1.06 bits per heavy atom. The van der Waals surface area contributed by atoms with Crippen LogP contribution in [0, 0.1) is 13.8 Å². The topological polar surface area (TPSA) is 54.0 Å². The number of fused-ring (bicyclic) bond motifs is 2. The summed E-state index contributed by atoms with van der Waals surface area (Å²) in [6.07, 6.45) is 1.76. The molecule has 0 bridgehead atoms. The van der Waals surface area contributed by atoms with Crippen molar-refractivity contribution in [1.29, 1.82) is 0 Å². The van der Waals surface area contributed by atoms with E-state index in [1.165, 1.54) is 0 Å². The van der Waals surface area contributed by atoms with E-state index in [-0.39, 0.29) is 19.2 Å². The van der Waals surface area contributed by atoms with Crippen molar-refractivity contribution in [2.75, 3.05) is 6.79 Å². The Bertz CT molecular complexity index is 1240. The Hall–Kier alpha value is -3.28. The van der Waals surface area contributed by atoms with Crippen molar-refractivity contribution in [1.82, 2.24) is 0 Å². The van der Waals surface area contributed by atoms with Gasteiger partial charge in [-0.3, -0.25) is 4.79 Å². The van der Waals surface area contributed by atoms with E-state index in [4.69, 9.17) is 30.5 Å². The van der Waals surface area contributed by atoms with Crippen molar-refractivity contribution in [3.63, 3.8) is 0 Å². The highest BCUT2D eigenvalue weighted by molar-refractivity contribution is 6.30. The molecule has 0 saturated heterocycles. The lowest BCUT2D eigenvalue weighted by Gasteiger charge is -2.21. The van der Waals surface area contributed by atoms with Gasteiger partial charge in [-0.1, -0.05) is 41.4 Å². The maximum Gasteiger partial charge on any atom is 0.231 e. The molecule has 0 amide bonds. The molecule has 5 nitrogen and oxygen atoms in total. The number of rotatable bonds is 4. The zero-order valence-corrected chi connectivity index (χ0v) is 18.5. The first kappa shape index (κ1) is 20.6. The van der Waals surface area contributed by atoms with E-state index in [0.717, 1.165) is 33.6 Å². The zero-order chi connectivity index (χ0) is 22.2. The molecule has 0 saturated carbocycles. The minimum absolute atomic E-state index is 0.132. The van der Waals surface area contributed by atoms with Gasteiger partial charge in [-0.2, -0.15) is 0 Å². The second kappa shape index (κ2) is 8.34. The number of carbonyl (C=O) groups is 1. The molecule has 162 valence electrons. The maximum atomic E-state index is 12.8. The van der Waals surface area contributed by atoms with Gasteiger partial charge in [0.2, 0.25) is 5.78 Å². The lowest BCUT2D eigenvalue weighted by atomic mass is 10.1. The summed E-state index contributed by atoms with van der Waals surface area (Å²) in [4.78, 5) is 12.8. The van der Waals surface area contributed by atoms with Gasteiger partial charge in [-0.25, -0.2) is 0 Å². The SMILES string of the molecule is Cc1ccc(/C=C2\Oc3c(ccc(OCc4cc(Cl)cc5c4OCOC5)c3C)C2=O)cc1. The Kier molecular flexibility index (Phi) is 5.37. The summed E-state index contributed by atoms with van der Waals surface area (Å²) in [5, 5.41) is 0.599. The Labute approximate surface area is 191 Å². The highest BCUT2D eigenvalue weighted by atomic mass is 35.5. The largest absolute Gasteiger partial charge is 0.488 e. The summed E-state index contributed by atoms with van der Waals surface area (Å²) in [5.74, 6) is 2.08. The minimum atomic E-state index is -0.132. The molecule has 0 fully saturated rings. The van der Waals surface area contributed by atoms with Gasteiger partial charge in [-0.05, 0) is 49.8 Å². The lowest BCUT2D eigenvalue weighted by molar-refractivity contribution is -0.0175. The van der Waals surface area contributed by atoms with Crippen LogP contribution >= 0.6 is 11.6 Å². The number of ether oxygens (including phenoxy) is 4. The second-order valence-electron chi connectivity index (χ2n) is 7.87. The molecule has 0 unspecified atom stereocenters. The lowest BCUT2D eigenvalue weighted by Crippen LogP contribution is -2.14. The van der Waals surface area contributed by atoms with Gasteiger partial charge in [0.1, 0.15) is 23.9 Å². The van der Waals surface area contributed by atoms with Crippen molar-refractivity contribution in [3.8, 4) is 17.2 Å². The van der Waals surface area contributed by atoms with Gasteiger partial charge in [0, 0.05) is 21.7 Å². The van der Waals surface area contributed by atoms with Gasteiger partial charge in [-0.15, -0.1) is 0 Å². The molecule has 0 spiro atoms. The summed E-state index contributed by atoms with van der Waals surface area (Å²) in [6.45, 7) is 4.82. The number of hydrogen-bond donors (Lipinski definition) is 0. The number of hydrogen-bond acceptors (Lipinski definition) is 5. The van der Waals surface area contributed by atoms with Crippen LogP contribution in [0.25, 0.3) is 6.08 Å². The van der Waals surface area contributed by atoms with E-state index < -0.39 is 0 Å². The molecule has 2 heterocycles. The van der Waals surface area contributed by atoms with Crippen molar-refractivity contribution < 1.29 is 23.7 Å². The van der Waals surface area contributed by atoms with E-state index in [2.05, 4.69) is 0 Å². The van der Waals surface area contributed by atoms with E-state index in [9.17, 15) is 4.79 Å². The van der Waals surface area contributed by atoms with Crippen molar-refractivity contribution >= 4 is 23.5 Å². The molecular weight excluding hydrogens is 428 g/mol. The smallest absolute Gasteiger partial charge is 0.231 e. The first-order valence-corrected chi connectivity index (χ1v) is 10.7. The van der Waals surface area contributed by atoms with Crippen LogP contribution in [-0.2, 0) is 18.0 Å². The molecule has 0 aliphatic carbocycles.